The Labute approximate surface area is 149 Å². The molecule has 0 aliphatic carbocycles. The van der Waals surface area contributed by atoms with Crippen molar-refractivity contribution in [1.82, 2.24) is 0 Å². The molecule has 2 nitrogen and oxygen atoms in total. The fourth-order valence-electron chi connectivity index (χ4n) is 3.10. The standard InChI is InChI=1S/C22H38O2/c1-2-3-4-5-6-7-8-9-10-14-17-22(18-19-23)24-20-21-15-12-11-13-16-21/h11-13,15-16,22-23H,2-10,14,17-20H2,1H3. The van der Waals surface area contributed by atoms with Gasteiger partial charge < -0.3 is 9.84 Å². The van der Waals surface area contributed by atoms with E-state index in [1.54, 1.807) is 0 Å². The Kier molecular flexibility index (Phi) is 13.8. The molecular weight excluding hydrogens is 296 g/mol. The van der Waals surface area contributed by atoms with Crippen LogP contribution in [0.15, 0.2) is 30.3 Å². The summed E-state index contributed by atoms with van der Waals surface area (Å²) < 4.78 is 5.99. The third kappa shape index (κ3) is 11.6. The lowest BCUT2D eigenvalue weighted by Crippen LogP contribution is -2.14. The van der Waals surface area contributed by atoms with Gasteiger partial charge in [-0.3, -0.25) is 0 Å². The van der Waals surface area contributed by atoms with Crippen molar-refractivity contribution >= 4 is 0 Å². The Balaban J connectivity index is 2.01. The van der Waals surface area contributed by atoms with E-state index in [9.17, 15) is 5.11 Å². The van der Waals surface area contributed by atoms with Gasteiger partial charge in [-0.05, 0) is 18.4 Å². The molecule has 0 bridgehead atoms. The van der Waals surface area contributed by atoms with Crippen molar-refractivity contribution in [3.63, 3.8) is 0 Å². The first-order valence-electron chi connectivity index (χ1n) is 10.1. The van der Waals surface area contributed by atoms with Crippen molar-refractivity contribution in [2.45, 2.75) is 96.7 Å². The summed E-state index contributed by atoms with van der Waals surface area (Å²) in [5, 5.41) is 9.22. The molecule has 24 heavy (non-hydrogen) atoms. The van der Waals surface area contributed by atoms with Gasteiger partial charge in [-0.2, -0.15) is 0 Å². The quantitative estimate of drug-likeness (QED) is 0.361. The lowest BCUT2D eigenvalue weighted by Gasteiger charge is -2.17. The molecule has 2 heteroatoms. The summed E-state index contributed by atoms with van der Waals surface area (Å²) in [7, 11) is 0. The summed E-state index contributed by atoms with van der Waals surface area (Å²) in [5.74, 6) is 0. The maximum atomic E-state index is 9.22. The molecule has 0 aliphatic heterocycles. The summed E-state index contributed by atoms with van der Waals surface area (Å²) in [6, 6.07) is 10.3. The average molecular weight is 335 g/mol. The third-order valence-corrected chi connectivity index (χ3v) is 4.66. The van der Waals surface area contributed by atoms with E-state index in [0.717, 1.165) is 12.8 Å². The molecular formula is C22H38O2. The molecule has 1 aromatic carbocycles. The molecule has 0 spiro atoms. The van der Waals surface area contributed by atoms with Crippen molar-refractivity contribution in [2.75, 3.05) is 6.61 Å². The van der Waals surface area contributed by atoms with Gasteiger partial charge >= 0.3 is 0 Å². The predicted molar refractivity (Wildman–Crippen MR) is 103 cm³/mol. The van der Waals surface area contributed by atoms with Crippen LogP contribution in [0.4, 0.5) is 0 Å². The van der Waals surface area contributed by atoms with E-state index in [1.165, 1.54) is 69.8 Å². The van der Waals surface area contributed by atoms with E-state index in [2.05, 4.69) is 19.1 Å². The molecule has 1 N–H and O–H groups in total. The van der Waals surface area contributed by atoms with Crippen LogP contribution >= 0.6 is 0 Å². The zero-order valence-electron chi connectivity index (χ0n) is 15.7. The highest BCUT2D eigenvalue weighted by atomic mass is 16.5. The summed E-state index contributed by atoms with van der Waals surface area (Å²) in [5.41, 5.74) is 1.21. The molecule has 1 rings (SSSR count). The predicted octanol–water partition coefficient (Wildman–Crippen LogP) is 6.27. The Hall–Kier alpha value is -0.860. The highest BCUT2D eigenvalue weighted by Gasteiger charge is 2.08. The molecule has 0 saturated carbocycles. The summed E-state index contributed by atoms with van der Waals surface area (Å²) in [4.78, 5) is 0. The van der Waals surface area contributed by atoms with E-state index in [4.69, 9.17) is 4.74 Å². The van der Waals surface area contributed by atoms with Crippen molar-refractivity contribution < 1.29 is 9.84 Å². The Morgan fingerprint density at radius 1 is 0.792 bits per heavy atom. The smallest absolute Gasteiger partial charge is 0.0720 e. The third-order valence-electron chi connectivity index (χ3n) is 4.66. The molecule has 0 aliphatic rings. The fourth-order valence-corrected chi connectivity index (χ4v) is 3.10. The Morgan fingerprint density at radius 3 is 1.96 bits per heavy atom. The number of aliphatic hydroxyl groups excluding tert-OH is 1. The number of ether oxygens (including phenoxy) is 1. The summed E-state index contributed by atoms with van der Waals surface area (Å²) >= 11 is 0. The van der Waals surface area contributed by atoms with Crippen LogP contribution in [0.25, 0.3) is 0 Å². The molecule has 0 aromatic heterocycles. The van der Waals surface area contributed by atoms with E-state index in [0.29, 0.717) is 6.61 Å². The van der Waals surface area contributed by atoms with Crippen molar-refractivity contribution in [2.24, 2.45) is 0 Å². The largest absolute Gasteiger partial charge is 0.396 e. The zero-order chi connectivity index (χ0) is 17.3. The van der Waals surface area contributed by atoms with Crippen LogP contribution in [0.5, 0.6) is 0 Å². The average Bonchev–Trinajstić information content (AvgIpc) is 2.62. The second-order valence-electron chi connectivity index (χ2n) is 6.90. The lowest BCUT2D eigenvalue weighted by molar-refractivity contribution is 0.0174. The zero-order valence-corrected chi connectivity index (χ0v) is 15.7. The molecule has 0 heterocycles. The van der Waals surface area contributed by atoms with Crippen LogP contribution in [-0.2, 0) is 11.3 Å². The first kappa shape index (κ1) is 21.2. The molecule has 0 radical (unpaired) electrons. The van der Waals surface area contributed by atoms with E-state index in [-0.39, 0.29) is 12.7 Å². The van der Waals surface area contributed by atoms with Gasteiger partial charge in [0.2, 0.25) is 0 Å². The van der Waals surface area contributed by atoms with Gasteiger partial charge in [0.15, 0.2) is 0 Å². The van der Waals surface area contributed by atoms with E-state index in [1.807, 2.05) is 18.2 Å². The number of hydrogen-bond acceptors (Lipinski definition) is 2. The second kappa shape index (κ2) is 15.7. The normalized spacial score (nSPS) is 12.4. The second-order valence-corrected chi connectivity index (χ2v) is 6.90. The number of aliphatic hydroxyl groups is 1. The van der Waals surface area contributed by atoms with Crippen molar-refractivity contribution in [1.29, 1.82) is 0 Å². The van der Waals surface area contributed by atoms with Crippen LogP contribution < -0.4 is 0 Å². The minimum Gasteiger partial charge on any atom is -0.396 e. The molecule has 1 unspecified atom stereocenters. The van der Waals surface area contributed by atoms with Gasteiger partial charge in [0.05, 0.1) is 12.7 Å². The van der Waals surface area contributed by atoms with Gasteiger partial charge in [-0.15, -0.1) is 0 Å². The maximum absolute atomic E-state index is 9.22. The highest BCUT2D eigenvalue weighted by Crippen LogP contribution is 2.15. The van der Waals surface area contributed by atoms with Crippen LogP contribution in [0.2, 0.25) is 0 Å². The van der Waals surface area contributed by atoms with Crippen LogP contribution in [0, 0.1) is 0 Å². The SMILES string of the molecule is CCCCCCCCCCCCC(CCO)OCc1ccccc1. The van der Waals surface area contributed by atoms with Crippen LogP contribution in [0.3, 0.4) is 0 Å². The van der Waals surface area contributed by atoms with E-state index >= 15 is 0 Å². The summed E-state index contributed by atoms with van der Waals surface area (Å²) in [6.07, 6.45) is 15.6. The van der Waals surface area contributed by atoms with Crippen molar-refractivity contribution in [3.8, 4) is 0 Å². The number of hydrogen-bond donors (Lipinski definition) is 1. The van der Waals surface area contributed by atoms with Gasteiger partial charge in [-0.1, -0.05) is 101 Å². The lowest BCUT2D eigenvalue weighted by atomic mass is 10.0. The molecule has 0 saturated heterocycles. The molecule has 0 amide bonds. The molecule has 1 atom stereocenters. The minimum atomic E-state index is 0.198. The molecule has 0 fully saturated rings. The van der Waals surface area contributed by atoms with Gasteiger partial charge in [0, 0.05) is 6.61 Å². The van der Waals surface area contributed by atoms with E-state index < -0.39 is 0 Å². The topological polar surface area (TPSA) is 29.5 Å². The maximum Gasteiger partial charge on any atom is 0.0720 e. The summed E-state index contributed by atoms with van der Waals surface area (Å²) in [6.45, 7) is 3.15. The Bertz CT molecular complexity index is 363. The van der Waals surface area contributed by atoms with Gasteiger partial charge in [-0.25, -0.2) is 0 Å². The molecule has 138 valence electrons. The van der Waals surface area contributed by atoms with Crippen LogP contribution in [-0.4, -0.2) is 17.8 Å². The number of rotatable bonds is 16. The number of unbranched alkanes of at least 4 members (excludes halogenated alkanes) is 9. The number of benzene rings is 1. The van der Waals surface area contributed by atoms with Gasteiger partial charge in [0.25, 0.3) is 0 Å². The van der Waals surface area contributed by atoms with Crippen molar-refractivity contribution in [3.05, 3.63) is 35.9 Å². The fraction of sp³-hybridized carbons (Fsp3) is 0.727. The first-order valence-corrected chi connectivity index (χ1v) is 10.1. The monoisotopic (exact) mass is 334 g/mol. The minimum absolute atomic E-state index is 0.198. The highest BCUT2D eigenvalue weighted by molar-refractivity contribution is 5.13. The Morgan fingerprint density at radius 2 is 1.38 bits per heavy atom. The van der Waals surface area contributed by atoms with Crippen LogP contribution in [0.1, 0.15) is 89.5 Å². The van der Waals surface area contributed by atoms with Gasteiger partial charge in [0.1, 0.15) is 0 Å². The molecule has 1 aromatic rings. The first-order chi connectivity index (χ1) is 11.9.